The highest BCUT2D eigenvalue weighted by Crippen LogP contribution is 2.24. The van der Waals surface area contributed by atoms with Crippen LogP contribution in [0.4, 0.5) is 4.79 Å². The lowest BCUT2D eigenvalue weighted by atomic mass is 9.94. The van der Waals surface area contributed by atoms with Gasteiger partial charge < -0.3 is 15.0 Å². The van der Waals surface area contributed by atoms with Crippen LogP contribution in [0, 0.1) is 0 Å². The van der Waals surface area contributed by atoms with E-state index in [1.54, 1.807) is 30.1 Å². The number of carbonyl (C=O) groups is 5. The van der Waals surface area contributed by atoms with Gasteiger partial charge in [0.2, 0.25) is 5.91 Å². The molecule has 1 saturated carbocycles. The van der Waals surface area contributed by atoms with Gasteiger partial charge in [0.05, 0.1) is 16.9 Å². The van der Waals surface area contributed by atoms with Crippen molar-refractivity contribution >= 4 is 40.7 Å². The first-order chi connectivity index (χ1) is 15.4. The summed E-state index contributed by atoms with van der Waals surface area (Å²) in [5.74, 6) is -1.75. The molecule has 0 atom stereocenters. The molecule has 0 aromatic heterocycles. The second-order valence-electron chi connectivity index (χ2n) is 7.78. The molecule has 3 rings (SSSR count). The molecule has 10 heteroatoms. The number of thioether (sulfide) groups is 1. The summed E-state index contributed by atoms with van der Waals surface area (Å²) in [6.07, 6.45) is 5.23. The van der Waals surface area contributed by atoms with Gasteiger partial charge in [-0.05, 0) is 25.0 Å². The minimum atomic E-state index is -0.762. The Hall–Kier alpha value is -2.88. The van der Waals surface area contributed by atoms with Crippen molar-refractivity contribution in [1.82, 2.24) is 15.1 Å². The summed E-state index contributed by atoms with van der Waals surface area (Å²) in [6, 6.07) is 6.56. The van der Waals surface area contributed by atoms with Crippen LogP contribution in [0.3, 0.4) is 0 Å². The lowest BCUT2D eigenvalue weighted by Crippen LogP contribution is -2.39. The maximum atomic E-state index is 13.0. The SMILES string of the molecule is CN(C(=O)c1ccccc1C(=O)OCC(=O)NCCN1C(=O)CSC1=O)C1CCCCC1. The molecule has 1 saturated heterocycles. The minimum absolute atomic E-state index is 0.0647. The first kappa shape index (κ1) is 23.8. The van der Waals surface area contributed by atoms with Gasteiger partial charge in [-0.3, -0.25) is 24.1 Å². The fourth-order valence-corrected chi connectivity index (χ4v) is 4.59. The first-order valence-corrected chi connectivity index (χ1v) is 11.6. The number of hydrogen-bond donors (Lipinski definition) is 1. The maximum Gasteiger partial charge on any atom is 0.339 e. The lowest BCUT2D eigenvalue weighted by molar-refractivity contribution is -0.126. The Labute approximate surface area is 190 Å². The standard InChI is InChI=1S/C22H27N3O6S/c1-24(15-7-3-2-4-8-15)20(28)16-9-5-6-10-17(16)21(29)31-13-18(26)23-11-12-25-19(27)14-32-22(25)30/h5-6,9-10,15H,2-4,7-8,11-14H2,1H3,(H,23,26). The normalized spacial score (nSPS) is 16.7. The largest absolute Gasteiger partial charge is 0.452 e. The van der Waals surface area contributed by atoms with E-state index in [4.69, 9.17) is 4.74 Å². The molecule has 1 N–H and O–H groups in total. The molecule has 32 heavy (non-hydrogen) atoms. The number of rotatable bonds is 8. The minimum Gasteiger partial charge on any atom is -0.452 e. The van der Waals surface area contributed by atoms with Gasteiger partial charge >= 0.3 is 5.97 Å². The molecule has 1 aliphatic heterocycles. The van der Waals surface area contributed by atoms with E-state index in [0.29, 0.717) is 0 Å². The smallest absolute Gasteiger partial charge is 0.339 e. The molecule has 4 amide bonds. The molecule has 0 spiro atoms. The molecule has 0 radical (unpaired) electrons. The van der Waals surface area contributed by atoms with Crippen LogP contribution in [0.25, 0.3) is 0 Å². The summed E-state index contributed by atoms with van der Waals surface area (Å²) in [6.45, 7) is -0.401. The molecule has 9 nitrogen and oxygen atoms in total. The highest BCUT2D eigenvalue weighted by atomic mass is 32.2. The predicted molar refractivity (Wildman–Crippen MR) is 118 cm³/mol. The van der Waals surface area contributed by atoms with E-state index in [-0.39, 0.29) is 53.1 Å². The Bertz CT molecular complexity index is 883. The highest BCUT2D eigenvalue weighted by Gasteiger charge is 2.29. The highest BCUT2D eigenvalue weighted by molar-refractivity contribution is 8.14. The van der Waals surface area contributed by atoms with Gasteiger partial charge in [0.25, 0.3) is 17.1 Å². The molecule has 2 aliphatic rings. The average molecular weight is 462 g/mol. The summed E-state index contributed by atoms with van der Waals surface area (Å²) in [5, 5.41) is 2.17. The molecule has 0 unspecified atom stereocenters. The van der Waals surface area contributed by atoms with Gasteiger partial charge in [-0.1, -0.05) is 43.2 Å². The third-order valence-electron chi connectivity index (χ3n) is 5.65. The van der Waals surface area contributed by atoms with E-state index in [2.05, 4.69) is 5.32 Å². The van der Waals surface area contributed by atoms with Gasteiger partial charge in [-0.15, -0.1) is 0 Å². The Morgan fingerprint density at radius 1 is 1.12 bits per heavy atom. The van der Waals surface area contributed by atoms with E-state index >= 15 is 0 Å². The zero-order valence-electron chi connectivity index (χ0n) is 18.0. The van der Waals surface area contributed by atoms with Crippen molar-refractivity contribution in [2.75, 3.05) is 32.5 Å². The molecule has 1 heterocycles. The summed E-state index contributed by atoms with van der Waals surface area (Å²) < 4.78 is 5.10. The summed E-state index contributed by atoms with van der Waals surface area (Å²) in [4.78, 5) is 63.4. The molecule has 172 valence electrons. The van der Waals surface area contributed by atoms with Crippen molar-refractivity contribution in [2.45, 2.75) is 38.1 Å². The topological polar surface area (TPSA) is 113 Å². The second kappa shape index (κ2) is 11.1. The third-order valence-corrected chi connectivity index (χ3v) is 6.51. The van der Waals surface area contributed by atoms with E-state index in [9.17, 15) is 24.0 Å². The van der Waals surface area contributed by atoms with Crippen LogP contribution in [0.15, 0.2) is 24.3 Å². The van der Waals surface area contributed by atoms with Crippen molar-refractivity contribution in [1.29, 1.82) is 0 Å². The molecule has 1 aliphatic carbocycles. The van der Waals surface area contributed by atoms with Crippen LogP contribution < -0.4 is 5.32 Å². The van der Waals surface area contributed by atoms with Gasteiger partial charge in [0, 0.05) is 26.2 Å². The fraction of sp³-hybridized carbons (Fsp3) is 0.500. The van der Waals surface area contributed by atoms with Crippen LogP contribution in [0.2, 0.25) is 0 Å². The van der Waals surface area contributed by atoms with Gasteiger partial charge in [0.15, 0.2) is 6.61 Å². The lowest BCUT2D eigenvalue weighted by Gasteiger charge is -2.31. The van der Waals surface area contributed by atoms with Gasteiger partial charge in [-0.25, -0.2) is 4.79 Å². The number of nitrogens with zero attached hydrogens (tertiary/aromatic N) is 2. The number of nitrogens with one attached hydrogen (secondary N) is 1. The Balaban J connectivity index is 1.51. The zero-order valence-corrected chi connectivity index (χ0v) is 18.8. The number of benzene rings is 1. The van der Waals surface area contributed by atoms with Crippen LogP contribution in [0.1, 0.15) is 52.8 Å². The fourth-order valence-electron chi connectivity index (χ4n) is 3.84. The number of hydrogen-bond acceptors (Lipinski definition) is 7. The number of esters is 1. The molecule has 2 fully saturated rings. The number of ether oxygens (including phenoxy) is 1. The third kappa shape index (κ3) is 5.87. The first-order valence-electron chi connectivity index (χ1n) is 10.7. The van der Waals surface area contributed by atoms with Gasteiger partial charge in [-0.2, -0.15) is 0 Å². The van der Waals surface area contributed by atoms with Crippen molar-refractivity contribution < 1.29 is 28.7 Å². The van der Waals surface area contributed by atoms with Crippen LogP contribution in [-0.2, 0) is 14.3 Å². The molecular formula is C22H27N3O6S. The van der Waals surface area contributed by atoms with Crippen molar-refractivity contribution in [3.05, 3.63) is 35.4 Å². The van der Waals surface area contributed by atoms with Crippen molar-refractivity contribution in [3.63, 3.8) is 0 Å². The van der Waals surface area contributed by atoms with E-state index < -0.39 is 18.5 Å². The monoisotopic (exact) mass is 461 g/mol. The molecule has 1 aromatic carbocycles. The zero-order chi connectivity index (χ0) is 23.1. The number of carbonyl (C=O) groups excluding carboxylic acids is 5. The predicted octanol–water partition coefficient (Wildman–Crippen LogP) is 2.06. The molecular weight excluding hydrogens is 434 g/mol. The van der Waals surface area contributed by atoms with Crippen LogP contribution in [0.5, 0.6) is 0 Å². The van der Waals surface area contributed by atoms with Crippen molar-refractivity contribution in [2.24, 2.45) is 0 Å². The Morgan fingerprint density at radius 3 is 2.47 bits per heavy atom. The van der Waals surface area contributed by atoms with Crippen molar-refractivity contribution in [3.8, 4) is 0 Å². The van der Waals surface area contributed by atoms with E-state index in [1.165, 1.54) is 12.5 Å². The van der Waals surface area contributed by atoms with E-state index in [1.807, 2.05) is 0 Å². The number of amides is 4. The molecule has 0 bridgehead atoms. The maximum absolute atomic E-state index is 13.0. The van der Waals surface area contributed by atoms with E-state index in [0.717, 1.165) is 42.3 Å². The summed E-state index contributed by atoms with van der Waals surface area (Å²) in [7, 11) is 1.75. The van der Waals surface area contributed by atoms with Crippen LogP contribution in [-0.4, -0.2) is 77.3 Å². The molecule has 1 aromatic rings. The Morgan fingerprint density at radius 2 is 1.81 bits per heavy atom. The quantitative estimate of drug-likeness (QED) is 0.590. The second-order valence-corrected chi connectivity index (χ2v) is 8.71. The number of imide groups is 1. The van der Waals surface area contributed by atoms with Crippen LogP contribution >= 0.6 is 11.8 Å². The average Bonchev–Trinajstić information content (AvgIpc) is 3.14. The summed E-state index contributed by atoms with van der Waals surface area (Å²) in [5.41, 5.74) is 0.354. The Kier molecular flexibility index (Phi) is 8.26. The van der Waals surface area contributed by atoms with Gasteiger partial charge in [0.1, 0.15) is 0 Å². The summed E-state index contributed by atoms with van der Waals surface area (Å²) >= 11 is 0.923.